The Morgan fingerprint density at radius 2 is 1.14 bits per heavy atom. The van der Waals surface area contributed by atoms with Crippen LogP contribution in [-0.2, 0) is 0 Å². The first-order valence-corrected chi connectivity index (χ1v) is 10.1. The Hall–Kier alpha value is -2.32. The van der Waals surface area contributed by atoms with Crippen LogP contribution in [0.4, 0.5) is 0 Å². The molecule has 0 aliphatic rings. The molecule has 2 rings (SSSR count). The highest BCUT2D eigenvalue weighted by atomic mass is 16.3. The molecule has 2 atom stereocenters. The van der Waals surface area contributed by atoms with E-state index in [2.05, 4.69) is 10.6 Å². The normalized spacial score (nSPS) is 13.3. The summed E-state index contributed by atoms with van der Waals surface area (Å²) in [5.74, 6) is -0.235. The third kappa shape index (κ3) is 8.29. The highest BCUT2D eigenvalue weighted by molar-refractivity contribution is 5.41. The maximum absolute atomic E-state index is 10.1. The molecule has 7 heteroatoms. The minimum atomic E-state index is -0.731. The second kappa shape index (κ2) is 12.3. The number of aliphatic hydroxyl groups is 2. The minimum absolute atomic E-state index is 0.192. The lowest BCUT2D eigenvalue weighted by molar-refractivity contribution is 0.173. The van der Waals surface area contributed by atoms with E-state index in [1.165, 1.54) is 12.1 Å². The molecular weight excluding hydrogens is 372 g/mol. The quantitative estimate of drug-likeness (QED) is 0.202. The predicted octanol–water partition coefficient (Wildman–Crippen LogP) is 2.31. The van der Waals surface area contributed by atoms with Gasteiger partial charge in [0.2, 0.25) is 0 Å². The van der Waals surface area contributed by atoms with Gasteiger partial charge in [0, 0.05) is 13.1 Å². The fourth-order valence-corrected chi connectivity index (χ4v) is 3.01. The molecule has 0 aliphatic carbocycles. The fourth-order valence-electron chi connectivity index (χ4n) is 3.01. The second-order valence-corrected chi connectivity index (χ2v) is 7.19. The van der Waals surface area contributed by atoms with E-state index in [9.17, 15) is 25.5 Å². The predicted molar refractivity (Wildman–Crippen MR) is 112 cm³/mol. The van der Waals surface area contributed by atoms with Crippen LogP contribution in [-0.4, -0.2) is 51.7 Å². The first kappa shape index (κ1) is 23.0. The molecule has 0 fully saturated rings. The summed E-state index contributed by atoms with van der Waals surface area (Å²) < 4.78 is 0. The van der Waals surface area contributed by atoms with Gasteiger partial charge in [0.1, 0.15) is 5.75 Å². The van der Waals surface area contributed by atoms with Crippen LogP contribution in [0, 0.1) is 0 Å². The highest BCUT2D eigenvalue weighted by Gasteiger charge is 2.09. The molecular formula is C22H32N2O5. The van der Waals surface area contributed by atoms with Crippen molar-refractivity contribution in [2.45, 2.75) is 37.9 Å². The van der Waals surface area contributed by atoms with Crippen LogP contribution in [0.1, 0.15) is 49.0 Å². The van der Waals surface area contributed by atoms with Gasteiger partial charge in [-0.2, -0.15) is 0 Å². The number of nitrogens with one attached hydrogen (secondary N) is 2. The third-order valence-corrected chi connectivity index (χ3v) is 4.79. The minimum Gasteiger partial charge on any atom is -0.508 e. The zero-order valence-corrected chi connectivity index (χ0v) is 16.6. The summed E-state index contributed by atoms with van der Waals surface area (Å²) in [6.45, 7) is 2.51. The van der Waals surface area contributed by atoms with Crippen molar-refractivity contribution < 1.29 is 25.5 Å². The number of phenolic OH excluding ortho intramolecular Hbond substituents is 3. The molecule has 2 unspecified atom stereocenters. The van der Waals surface area contributed by atoms with E-state index in [0.29, 0.717) is 18.7 Å². The Labute approximate surface area is 171 Å². The molecule has 0 saturated carbocycles. The van der Waals surface area contributed by atoms with Crippen molar-refractivity contribution in [2.75, 3.05) is 26.2 Å². The number of hydrogen-bond acceptors (Lipinski definition) is 7. The zero-order chi connectivity index (χ0) is 21.1. The lowest BCUT2D eigenvalue weighted by Crippen LogP contribution is -2.23. The van der Waals surface area contributed by atoms with Crippen LogP contribution in [0.3, 0.4) is 0 Å². The zero-order valence-electron chi connectivity index (χ0n) is 16.6. The van der Waals surface area contributed by atoms with Crippen LogP contribution < -0.4 is 10.6 Å². The van der Waals surface area contributed by atoms with Crippen molar-refractivity contribution in [1.29, 1.82) is 0 Å². The molecule has 2 aromatic rings. The number of aromatic hydroxyl groups is 3. The molecule has 2 aromatic carbocycles. The number of rotatable bonds is 13. The largest absolute Gasteiger partial charge is 0.508 e. The molecule has 160 valence electrons. The van der Waals surface area contributed by atoms with Gasteiger partial charge in [-0.05, 0) is 61.3 Å². The third-order valence-electron chi connectivity index (χ3n) is 4.79. The second-order valence-electron chi connectivity index (χ2n) is 7.19. The Balaban J connectivity index is 1.46. The molecule has 0 saturated heterocycles. The maximum Gasteiger partial charge on any atom is 0.157 e. The number of benzene rings is 2. The van der Waals surface area contributed by atoms with Crippen LogP contribution in [0.2, 0.25) is 0 Å². The van der Waals surface area contributed by atoms with Crippen LogP contribution in [0.5, 0.6) is 17.2 Å². The molecule has 0 heterocycles. The highest BCUT2D eigenvalue weighted by Crippen LogP contribution is 2.27. The smallest absolute Gasteiger partial charge is 0.157 e. The number of phenols is 3. The van der Waals surface area contributed by atoms with Crippen LogP contribution in [0.15, 0.2) is 42.5 Å². The van der Waals surface area contributed by atoms with E-state index in [-0.39, 0.29) is 17.2 Å². The molecule has 0 radical (unpaired) electrons. The standard InChI is InChI=1S/C22H32N2O5/c25-18-8-5-16(6-9-18)21(28)14-23-11-3-1-2-4-12-24-15-22(29)17-7-10-19(26)20(27)13-17/h5-10,13,21-29H,1-4,11-12,14-15H2. The van der Waals surface area contributed by atoms with Gasteiger partial charge >= 0.3 is 0 Å². The first-order chi connectivity index (χ1) is 14.0. The van der Waals surface area contributed by atoms with Gasteiger partial charge in [0.05, 0.1) is 12.2 Å². The number of unbranched alkanes of at least 4 members (excludes halogenated alkanes) is 3. The summed E-state index contributed by atoms with van der Waals surface area (Å²) in [4.78, 5) is 0. The van der Waals surface area contributed by atoms with Crippen LogP contribution in [0.25, 0.3) is 0 Å². The summed E-state index contributed by atoms with van der Waals surface area (Å²) >= 11 is 0. The van der Waals surface area contributed by atoms with Gasteiger partial charge in [0.25, 0.3) is 0 Å². The Kier molecular flexibility index (Phi) is 9.73. The number of hydrogen-bond donors (Lipinski definition) is 7. The van der Waals surface area contributed by atoms with Gasteiger partial charge in [-0.3, -0.25) is 0 Å². The van der Waals surface area contributed by atoms with Crippen LogP contribution >= 0.6 is 0 Å². The van der Waals surface area contributed by atoms with Gasteiger partial charge in [0.15, 0.2) is 11.5 Å². The molecule has 0 amide bonds. The summed E-state index contributed by atoms with van der Waals surface area (Å²) in [6, 6.07) is 10.9. The van der Waals surface area contributed by atoms with E-state index in [1.54, 1.807) is 30.3 Å². The molecule has 0 aromatic heterocycles. The van der Waals surface area contributed by atoms with E-state index in [1.807, 2.05) is 0 Å². The van der Waals surface area contributed by atoms with Gasteiger partial charge in [-0.25, -0.2) is 0 Å². The van der Waals surface area contributed by atoms with Crippen molar-refractivity contribution in [3.63, 3.8) is 0 Å². The monoisotopic (exact) mass is 404 g/mol. The summed E-state index contributed by atoms with van der Waals surface area (Å²) in [5, 5.41) is 54.6. The van der Waals surface area contributed by atoms with E-state index < -0.39 is 12.2 Å². The molecule has 0 aliphatic heterocycles. The topological polar surface area (TPSA) is 125 Å². The molecule has 7 nitrogen and oxygen atoms in total. The number of aliphatic hydroxyl groups excluding tert-OH is 2. The lowest BCUT2D eigenvalue weighted by Gasteiger charge is -2.13. The van der Waals surface area contributed by atoms with E-state index in [0.717, 1.165) is 44.3 Å². The van der Waals surface area contributed by atoms with E-state index in [4.69, 9.17) is 0 Å². The summed E-state index contributed by atoms with van der Waals surface area (Å²) in [5.41, 5.74) is 1.35. The lowest BCUT2D eigenvalue weighted by atomic mass is 10.1. The SMILES string of the molecule is Oc1ccc(C(O)CNCCCCCCNCC(O)c2ccc(O)c(O)c2)cc1. The first-order valence-electron chi connectivity index (χ1n) is 10.1. The molecule has 0 bridgehead atoms. The molecule has 0 spiro atoms. The van der Waals surface area contributed by atoms with Crippen molar-refractivity contribution in [1.82, 2.24) is 10.6 Å². The van der Waals surface area contributed by atoms with E-state index >= 15 is 0 Å². The molecule has 7 N–H and O–H groups in total. The van der Waals surface area contributed by atoms with Gasteiger partial charge < -0.3 is 36.2 Å². The average molecular weight is 405 g/mol. The Morgan fingerprint density at radius 1 is 0.621 bits per heavy atom. The maximum atomic E-state index is 10.1. The summed E-state index contributed by atoms with van der Waals surface area (Å²) in [6.07, 6.45) is 2.87. The average Bonchev–Trinajstić information content (AvgIpc) is 2.71. The Morgan fingerprint density at radius 3 is 1.69 bits per heavy atom. The molecule has 29 heavy (non-hydrogen) atoms. The Bertz CT molecular complexity index is 724. The van der Waals surface area contributed by atoms with Crippen molar-refractivity contribution in [2.24, 2.45) is 0 Å². The van der Waals surface area contributed by atoms with Gasteiger partial charge in [-0.1, -0.05) is 31.0 Å². The van der Waals surface area contributed by atoms with Crippen molar-refractivity contribution >= 4 is 0 Å². The summed E-state index contributed by atoms with van der Waals surface area (Å²) in [7, 11) is 0. The van der Waals surface area contributed by atoms with Crippen molar-refractivity contribution in [3.8, 4) is 17.2 Å². The van der Waals surface area contributed by atoms with Gasteiger partial charge in [-0.15, -0.1) is 0 Å². The fraction of sp³-hybridized carbons (Fsp3) is 0.455. The van der Waals surface area contributed by atoms with Crippen molar-refractivity contribution in [3.05, 3.63) is 53.6 Å².